The fraction of sp³-hybridized carbons (Fsp3) is 0.906. The summed E-state index contributed by atoms with van der Waals surface area (Å²) in [6.45, 7) is 8.57. The number of hydrogen-bond acceptors (Lipinski definition) is 6. The van der Waals surface area contributed by atoms with Gasteiger partial charge in [-0.1, -0.05) is 56.9 Å². The van der Waals surface area contributed by atoms with E-state index in [1.54, 1.807) is 0 Å². The molecule has 38 heavy (non-hydrogen) atoms. The summed E-state index contributed by atoms with van der Waals surface area (Å²) in [5, 5.41) is 0. The summed E-state index contributed by atoms with van der Waals surface area (Å²) in [5.74, 6) is 0.169. The van der Waals surface area contributed by atoms with Gasteiger partial charge in [0, 0.05) is 18.9 Å². The van der Waals surface area contributed by atoms with E-state index in [1.807, 2.05) is 20.8 Å². The Morgan fingerprint density at radius 3 is 2.37 bits per heavy atom. The third-order valence-corrected chi connectivity index (χ3v) is 10.6. The number of ketones is 1. The standard InChI is InChI=1S/C28H42O6.4CH4/c1-5-28(13-17-12-20(28)19-9-7-8-18(17)19)14-21(29)16(4)23-24(27(31)34-26(23)30)25-15(3)10-11-22(33-25)32-6-2;;;;/h15-20,22-25H,5-14H2,1-4H3;4*1H4. The number of ether oxygens (including phenoxy) is 3. The molecule has 3 saturated carbocycles. The largest absolute Gasteiger partial charge is 0.393 e. The quantitative estimate of drug-likeness (QED) is 0.236. The number of esters is 2. The van der Waals surface area contributed by atoms with Gasteiger partial charge in [0.25, 0.3) is 0 Å². The molecule has 2 heterocycles. The lowest BCUT2D eigenvalue weighted by molar-refractivity contribution is -0.221. The van der Waals surface area contributed by atoms with E-state index in [2.05, 4.69) is 6.92 Å². The lowest BCUT2D eigenvalue weighted by Crippen LogP contribution is -2.46. The summed E-state index contributed by atoms with van der Waals surface area (Å²) in [7, 11) is 0. The average Bonchev–Trinajstić information content (AvgIpc) is 3.55. The number of fused-ring (bicyclic) bond motifs is 5. The van der Waals surface area contributed by atoms with Crippen molar-refractivity contribution in [1.29, 1.82) is 0 Å². The fourth-order valence-corrected chi connectivity index (χ4v) is 8.90. The SMILES string of the molecule is C.C.C.C.CCOC1CCC(C)C(C2C(=O)OC(=O)C2C(C)C(=O)CC2(CC)CC3CC2C2CCCC32)O1. The molecule has 6 heteroatoms. The molecule has 5 rings (SSSR count). The second-order valence-corrected chi connectivity index (χ2v) is 12.0. The fourth-order valence-electron chi connectivity index (χ4n) is 8.90. The van der Waals surface area contributed by atoms with Gasteiger partial charge in [0.1, 0.15) is 5.78 Å². The number of hydrogen-bond donors (Lipinski definition) is 0. The van der Waals surface area contributed by atoms with Crippen LogP contribution in [0.4, 0.5) is 0 Å². The number of rotatable bonds is 8. The number of cyclic esters (lactones) is 2. The van der Waals surface area contributed by atoms with Crippen molar-refractivity contribution in [2.45, 2.75) is 128 Å². The first-order valence-electron chi connectivity index (χ1n) is 13.8. The molecule has 0 spiro atoms. The Hall–Kier alpha value is -1.27. The molecular weight excluding hydrogens is 480 g/mol. The molecule has 2 bridgehead atoms. The summed E-state index contributed by atoms with van der Waals surface area (Å²) < 4.78 is 17.0. The Morgan fingerprint density at radius 1 is 1.03 bits per heavy atom. The highest BCUT2D eigenvalue weighted by Gasteiger charge is 2.61. The maximum atomic E-state index is 13.8. The molecular formula is C32H58O6. The highest BCUT2D eigenvalue weighted by Crippen LogP contribution is 2.68. The van der Waals surface area contributed by atoms with Gasteiger partial charge < -0.3 is 14.2 Å². The molecule has 0 radical (unpaired) electrons. The number of Topliss-reactive ketones (excluding diaryl/α,β-unsaturated/α-hetero) is 1. The van der Waals surface area contributed by atoms with Gasteiger partial charge in [0.05, 0.1) is 17.9 Å². The molecule has 6 nitrogen and oxygen atoms in total. The van der Waals surface area contributed by atoms with Crippen molar-refractivity contribution in [2.24, 2.45) is 52.8 Å². The molecule has 0 aromatic carbocycles. The van der Waals surface area contributed by atoms with E-state index in [-0.39, 0.29) is 53.1 Å². The monoisotopic (exact) mass is 538 g/mol. The molecule has 2 aliphatic heterocycles. The van der Waals surface area contributed by atoms with Crippen molar-refractivity contribution in [3.05, 3.63) is 0 Å². The van der Waals surface area contributed by atoms with Crippen LogP contribution >= 0.6 is 0 Å². The van der Waals surface area contributed by atoms with Crippen LogP contribution in [0.5, 0.6) is 0 Å². The maximum Gasteiger partial charge on any atom is 0.320 e. The van der Waals surface area contributed by atoms with Crippen LogP contribution in [-0.4, -0.2) is 36.7 Å². The minimum atomic E-state index is -0.764. The van der Waals surface area contributed by atoms with Crippen LogP contribution in [0.1, 0.15) is 115 Å². The summed E-state index contributed by atoms with van der Waals surface area (Å²) in [6, 6.07) is 0. The van der Waals surface area contributed by atoms with E-state index in [9.17, 15) is 14.4 Å². The zero-order valence-corrected chi connectivity index (χ0v) is 21.3. The minimum Gasteiger partial charge on any atom is -0.393 e. The van der Waals surface area contributed by atoms with Gasteiger partial charge in [-0.25, -0.2) is 0 Å². The normalized spacial score (nSPS) is 41.6. The first kappa shape index (κ1) is 34.8. The predicted molar refractivity (Wildman–Crippen MR) is 152 cm³/mol. The van der Waals surface area contributed by atoms with Gasteiger partial charge >= 0.3 is 11.9 Å². The minimum absolute atomic E-state index is 0. The van der Waals surface area contributed by atoms with Crippen LogP contribution < -0.4 is 0 Å². The Labute approximate surface area is 233 Å². The van der Waals surface area contributed by atoms with Crippen molar-refractivity contribution >= 4 is 17.7 Å². The zero-order valence-electron chi connectivity index (χ0n) is 21.3. The molecule has 11 unspecified atom stereocenters. The predicted octanol–water partition coefficient (Wildman–Crippen LogP) is 7.47. The summed E-state index contributed by atoms with van der Waals surface area (Å²) >= 11 is 0. The lowest BCUT2D eigenvalue weighted by atomic mass is 9.61. The molecule has 0 amide bonds. The third-order valence-electron chi connectivity index (χ3n) is 10.6. The highest BCUT2D eigenvalue weighted by atomic mass is 16.7. The van der Waals surface area contributed by atoms with Crippen LogP contribution in [0.3, 0.4) is 0 Å². The van der Waals surface area contributed by atoms with Crippen molar-refractivity contribution in [3.63, 3.8) is 0 Å². The number of carbonyl (C=O) groups excluding carboxylic acids is 3. The summed E-state index contributed by atoms with van der Waals surface area (Å²) in [6.07, 6.45) is 8.80. The summed E-state index contributed by atoms with van der Waals surface area (Å²) in [5.41, 5.74) is 0.0677. The smallest absolute Gasteiger partial charge is 0.320 e. The average molecular weight is 539 g/mol. The second-order valence-electron chi connectivity index (χ2n) is 12.0. The molecule has 5 fully saturated rings. The van der Waals surface area contributed by atoms with E-state index < -0.39 is 35.8 Å². The van der Waals surface area contributed by atoms with E-state index in [1.165, 1.54) is 25.7 Å². The molecule has 0 aromatic rings. The van der Waals surface area contributed by atoms with Crippen molar-refractivity contribution in [2.75, 3.05) is 6.61 Å². The van der Waals surface area contributed by atoms with Crippen LogP contribution in [0.2, 0.25) is 0 Å². The first-order chi connectivity index (χ1) is 16.3. The van der Waals surface area contributed by atoms with Crippen LogP contribution in [0.25, 0.3) is 0 Å². The summed E-state index contributed by atoms with van der Waals surface area (Å²) in [4.78, 5) is 39.5. The molecule has 0 N–H and O–H groups in total. The van der Waals surface area contributed by atoms with E-state index in [0.29, 0.717) is 18.9 Å². The van der Waals surface area contributed by atoms with E-state index in [0.717, 1.165) is 43.4 Å². The topological polar surface area (TPSA) is 78.9 Å². The van der Waals surface area contributed by atoms with Gasteiger partial charge in [-0.15, -0.1) is 0 Å². The van der Waals surface area contributed by atoms with Crippen LogP contribution in [0, 0.1) is 52.8 Å². The number of carbonyl (C=O) groups is 3. The van der Waals surface area contributed by atoms with Gasteiger partial charge in [0.15, 0.2) is 6.29 Å². The Morgan fingerprint density at radius 2 is 1.71 bits per heavy atom. The van der Waals surface area contributed by atoms with Gasteiger partial charge in [-0.2, -0.15) is 0 Å². The van der Waals surface area contributed by atoms with Crippen molar-refractivity contribution in [1.82, 2.24) is 0 Å². The van der Waals surface area contributed by atoms with Crippen LogP contribution in [-0.2, 0) is 28.6 Å². The van der Waals surface area contributed by atoms with E-state index >= 15 is 0 Å². The highest BCUT2D eigenvalue weighted by molar-refractivity contribution is 6.00. The van der Waals surface area contributed by atoms with Crippen molar-refractivity contribution in [3.8, 4) is 0 Å². The molecule has 3 aliphatic carbocycles. The Bertz CT molecular complexity index is 825. The maximum absolute atomic E-state index is 13.8. The van der Waals surface area contributed by atoms with Gasteiger partial charge in [0.2, 0.25) is 0 Å². The van der Waals surface area contributed by atoms with Gasteiger partial charge in [-0.3, -0.25) is 14.4 Å². The third kappa shape index (κ3) is 5.64. The molecule has 5 aliphatic rings. The lowest BCUT2D eigenvalue weighted by Gasteiger charge is -2.43. The second kappa shape index (κ2) is 13.4. The Balaban J connectivity index is 0.00000180. The van der Waals surface area contributed by atoms with Crippen LogP contribution in [0.15, 0.2) is 0 Å². The first-order valence-corrected chi connectivity index (χ1v) is 13.8. The molecule has 2 saturated heterocycles. The Kier molecular flexibility index (Phi) is 12.2. The molecule has 11 atom stereocenters. The zero-order chi connectivity index (χ0) is 24.2. The van der Waals surface area contributed by atoms with Gasteiger partial charge in [-0.05, 0) is 86.9 Å². The molecule has 222 valence electrons. The van der Waals surface area contributed by atoms with Crippen molar-refractivity contribution < 1.29 is 28.6 Å². The molecule has 0 aromatic heterocycles. The van der Waals surface area contributed by atoms with E-state index in [4.69, 9.17) is 14.2 Å².